The van der Waals surface area contributed by atoms with Crippen molar-refractivity contribution in [1.29, 1.82) is 0 Å². The Morgan fingerprint density at radius 2 is 1.47 bits per heavy atom. The van der Waals surface area contributed by atoms with Crippen LogP contribution in [0.2, 0.25) is 0 Å². The second-order valence-electron chi connectivity index (χ2n) is 5.40. The van der Waals surface area contributed by atoms with Crippen LogP contribution < -0.4 is 5.73 Å². The first kappa shape index (κ1) is 14.4. The van der Waals surface area contributed by atoms with Crippen molar-refractivity contribution in [3.63, 3.8) is 0 Å². The first-order valence-corrected chi connectivity index (χ1v) is 7.00. The zero-order valence-corrected chi connectivity index (χ0v) is 11.0. The molecule has 2 rings (SSSR count). The first-order valence-electron chi connectivity index (χ1n) is 7.00. The summed E-state index contributed by atoms with van der Waals surface area (Å²) in [6, 6.07) is 1.68. The third-order valence-electron chi connectivity index (χ3n) is 4.08. The quantitative estimate of drug-likeness (QED) is 0.789. The summed E-state index contributed by atoms with van der Waals surface area (Å²) in [7, 11) is 0. The minimum absolute atomic E-state index is 0.101. The summed E-state index contributed by atoms with van der Waals surface area (Å²) in [5.41, 5.74) is 6.18. The van der Waals surface area contributed by atoms with E-state index in [2.05, 4.69) is 0 Å². The summed E-state index contributed by atoms with van der Waals surface area (Å²) in [5, 5.41) is 0. The van der Waals surface area contributed by atoms with Gasteiger partial charge in [0.15, 0.2) is 17.5 Å². The summed E-state index contributed by atoms with van der Waals surface area (Å²) in [6.45, 7) is 0. The van der Waals surface area contributed by atoms with Crippen molar-refractivity contribution in [1.82, 2.24) is 0 Å². The fourth-order valence-corrected chi connectivity index (χ4v) is 2.90. The van der Waals surface area contributed by atoms with Gasteiger partial charge in [-0.2, -0.15) is 0 Å². The van der Waals surface area contributed by atoms with Crippen LogP contribution in [0.4, 0.5) is 13.2 Å². The zero-order valence-electron chi connectivity index (χ0n) is 11.0. The Morgan fingerprint density at radius 1 is 0.895 bits per heavy atom. The molecule has 1 saturated carbocycles. The number of halogens is 3. The highest BCUT2D eigenvalue weighted by molar-refractivity contribution is 5.24. The minimum atomic E-state index is -1.42. The van der Waals surface area contributed by atoms with E-state index in [1.165, 1.54) is 25.3 Å². The maximum Gasteiger partial charge on any atom is 0.194 e. The van der Waals surface area contributed by atoms with Gasteiger partial charge in [0.25, 0.3) is 0 Å². The maximum absolute atomic E-state index is 13.8. The molecule has 0 aliphatic heterocycles. The number of rotatable bonds is 2. The third kappa shape index (κ3) is 3.30. The molecule has 2 N–H and O–H groups in total. The summed E-state index contributed by atoms with van der Waals surface area (Å²) >= 11 is 0. The Kier molecular flexibility index (Phi) is 4.86. The van der Waals surface area contributed by atoms with E-state index < -0.39 is 23.5 Å². The van der Waals surface area contributed by atoms with E-state index in [0.717, 1.165) is 31.7 Å². The van der Waals surface area contributed by atoms with E-state index in [4.69, 9.17) is 5.73 Å². The van der Waals surface area contributed by atoms with Gasteiger partial charge in [-0.1, -0.05) is 38.2 Å². The van der Waals surface area contributed by atoms with Crippen LogP contribution in [0.3, 0.4) is 0 Å². The average molecular weight is 271 g/mol. The van der Waals surface area contributed by atoms with Gasteiger partial charge >= 0.3 is 0 Å². The van der Waals surface area contributed by atoms with E-state index >= 15 is 0 Å². The van der Waals surface area contributed by atoms with E-state index in [1.807, 2.05) is 0 Å². The van der Waals surface area contributed by atoms with E-state index in [9.17, 15) is 13.2 Å². The maximum atomic E-state index is 13.8. The highest BCUT2D eigenvalue weighted by Crippen LogP contribution is 2.33. The fraction of sp³-hybridized carbons (Fsp3) is 0.600. The lowest BCUT2D eigenvalue weighted by atomic mass is 9.83. The van der Waals surface area contributed by atoms with Gasteiger partial charge in [0.05, 0.1) is 0 Å². The smallest absolute Gasteiger partial charge is 0.194 e. The van der Waals surface area contributed by atoms with E-state index in [-0.39, 0.29) is 11.5 Å². The number of hydrogen-bond donors (Lipinski definition) is 1. The Bertz CT molecular complexity index is 426. The predicted molar refractivity (Wildman–Crippen MR) is 69.1 cm³/mol. The lowest BCUT2D eigenvalue weighted by Crippen LogP contribution is -2.24. The minimum Gasteiger partial charge on any atom is -0.324 e. The van der Waals surface area contributed by atoms with Crippen LogP contribution in [-0.2, 0) is 0 Å². The van der Waals surface area contributed by atoms with Gasteiger partial charge in [0.1, 0.15) is 0 Å². The highest BCUT2D eigenvalue weighted by Gasteiger charge is 2.25. The molecule has 1 atom stereocenters. The molecule has 0 radical (unpaired) electrons. The van der Waals surface area contributed by atoms with Gasteiger partial charge in [-0.3, -0.25) is 0 Å². The summed E-state index contributed by atoms with van der Waals surface area (Å²) in [5.74, 6) is -3.56. The lowest BCUT2D eigenvalue weighted by Gasteiger charge is -2.26. The second-order valence-corrected chi connectivity index (χ2v) is 5.40. The summed E-state index contributed by atoms with van der Waals surface area (Å²) < 4.78 is 39.9. The molecule has 0 bridgehead atoms. The van der Waals surface area contributed by atoms with Crippen molar-refractivity contribution in [3.8, 4) is 0 Å². The molecule has 4 heteroatoms. The Hall–Kier alpha value is -1.03. The molecule has 19 heavy (non-hydrogen) atoms. The zero-order chi connectivity index (χ0) is 13.8. The molecule has 0 amide bonds. The van der Waals surface area contributed by atoms with Crippen molar-refractivity contribution < 1.29 is 13.2 Å². The normalized spacial score (nSPS) is 19.8. The standard InChI is InChI=1S/C15H20F3N/c16-12-9-8-11(13(17)14(12)18)15(19)10-6-4-2-1-3-5-7-10/h8-10,15H,1-7,19H2. The summed E-state index contributed by atoms with van der Waals surface area (Å²) in [6.07, 6.45) is 7.58. The molecule has 1 nitrogen and oxygen atoms in total. The van der Waals surface area contributed by atoms with Gasteiger partial charge in [-0.05, 0) is 24.8 Å². The van der Waals surface area contributed by atoms with Crippen molar-refractivity contribution in [2.24, 2.45) is 11.7 Å². The van der Waals surface area contributed by atoms with Crippen LogP contribution in [0.25, 0.3) is 0 Å². The Balaban J connectivity index is 2.17. The summed E-state index contributed by atoms with van der Waals surface area (Å²) in [4.78, 5) is 0. The number of benzene rings is 1. The Labute approximate surface area is 112 Å². The average Bonchev–Trinajstić information content (AvgIpc) is 2.35. The second kappa shape index (κ2) is 6.42. The molecule has 1 aliphatic rings. The van der Waals surface area contributed by atoms with Crippen molar-refractivity contribution in [2.75, 3.05) is 0 Å². The number of hydrogen-bond acceptors (Lipinski definition) is 1. The fourth-order valence-electron chi connectivity index (χ4n) is 2.90. The van der Waals surface area contributed by atoms with Crippen LogP contribution >= 0.6 is 0 Å². The van der Waals surface area contributed by atoms with Gasteiger partial charge in [-0.15, -0.1) is 0 Å². The van der Waals surface area contributed by atoms with Crippen LogP contribution in [0.1, 0.15) is 56.6 Å². The van der Waals surface area contributed by atoms with Crippen LogP contribution in [-0.4, -0.2) is 0 Å². The van der Waals surface area contributed by atoms with Gasteiger partial charge in [-0.25, -0.2) is 13.2 Å². The molecule has 0 heterocycles. The van der Waals surface area contributed by atoms with Crippen LogP contribution in [0.15, 0.2) is 12.1 Å². The van der Waals surface area contributed by atoms with Crippen molar-refractivity contribution in [2.45, 2.75) is 51.0 Å². The molecule has 1 unspecified atom stereocenters. The van der Waals surface area contributed by atoms with Crippen molar-refractivity contribution in [3.05, 3.63) is 35.1 Å². The van der Waals surface area contributed by atoms with E-state index in [1.54, 1.807) is 0 Å². The first-order chi connectivity index (χ1) is 9.11. The van der Waals surface area contributed by atoms with Gasteiger partial charge in [0.2, 0.25) is 0 Å². The third-order valence-corrected chi connectivity index (χ3v) is 4.08. The molecular formula is C15H20F3N. The molecule has 1 fully saturated rings. The molecular weight excluding hydrogens is 251 g/mol. The van der Waals surface area contributed by atoms with Crippen molar-refractivity contribution >= 4 is 0 Å². The Morgan fingerprint density at radius 3 is 2.11 bits per heavy atom. The molecule has 1 aliphatic carbocycles. The molecule has 0 saturated heterocycles. The van der Waals surface area contributed by atoms with Gasteiger partial charge in [0, 0.05) is 11.6 Å². The molecule has 0 aromatic heterocycles. The number of nitrogens with two attached hydrogens (primary N) is 1. The topological polar surface area (TPSA) is 26.0 Å². The van der Waals surface area contributed by atoms with Crippen LogP contribution in [0, 0.1) is 23.4 Å². The highest BCUT2D eigenvalue weighted by atomic mass is 19.2. The van der Waals surface area contributed by atoms with E-state index in [0.29, 0.717) is 0 Å². The lowest BCUT2D eigenvalue weighted by molar-refractivity contribution is 0.318. The molecule has 1 aromatic carbocycles. The molecule has 0 spiro atoms. The molecule has 1 aromatic rings. The van der Waals surface area contributed by atoms with Gasteiger partial charge < -0.3 is 5.73 Å². The SMILES string of the molecule is NC(c1ccc(F)c(F)c1F)C1CCCCCCC1. The largest absolute Gasteiger partial charge is 0.324 e. The predicted octanol–water partition coefficient (Wildman–Crippen LogP) is 4.46. The molecule has 106 valence electrons. The monoisotopic (exact) mass is 271 g/mol. The van der Waals surface area contributed by atoms with Crippen LogP contribution in [0.5, 0.6) is 0 Å².